The highest BCUT2D eigenvalue weighted by Gasteiger charge is 2.10. The zero-order valence-corrected chi connectivity index (χ0v) is 10.6. The Morgan fingerprint density at radius 1 is 0.947 bits per heavy atom. The first kappa shape index (κ1) is 11.6. The van der Waals surface area contributed by atoms with Crippen molar-refractivity contribution in [3.63, 3.8) is 0 Å². The van der Waals surface area contributed by atoms with Gasteiger partial charge < -0.3 is 0 Å². The minimum Gasteiger partial charge on any atom is -0.287 e. The molecular weight excluding hydrogens is 234 g/mol. The summed E-state index contributed by atoms with van der Waals surface area (Å²) < 4.78 is 0. The highest BCUT2D eigenvalue weighted by atomic mass is 16.1. The van der Waals surface area contributed by atoms with Crippen LogP contribution in [0.1, 0.15) is 21.6 Å². The molecule has 0 N–H and O–H groups in total. The van der Waals surface area contributed by atoms with Crippen molar-refractivity contribution in [2.45, 2.75) is 6.92 Å². The summed E-state index contributed by atoms with van der Waals surface area (Å²) in [6.45, 7) is 1.98. The molecule has 19 heavy (non-hydrogen) atoms. The van der Waals surface area contributed by atoms with E-state index in [4.69, 9.17) is 0 Å². The minimum absolute atomic E-state index is 0.0329. The lowest BCUT2D eigenvalue weighted by atomic mass is 10.0. The number of aromatic nitrogens is 1. The van der Waals surface area contributed by atoms with Crippen molar-refractivity contribution in [2.75, 3.05) is 0 Å². The maximum absolute atomic E-state index is 12.4. The van der Waals surface area contributed by atoms with E-state index in [1.54, 1.807) is 6.20 Å². The molecule has 1 heterocycles. The van der Waals surface area contributed by atoms with Crippen LogP contribution < -0.4 is 0 Å². The molecule has 3 aromatic rings. The number of aryl methyl sites for hydroxylation is 1. The number of benzene rings is 2. The summed E-state index contributed by atoms with van der Waals surface area (Å²) >= 11 is 0. The van der Waals surface area contributed by atoms with Crippen molar-refractivity contribution in [3.05, 3.63) is 77.6 Å². The first-order valence-electron chi connectivity index (χ1n) is 6.20. The maximum atomic E-state index is 12.4. The fourth-order valence-electron chi connectivity index (χ4n) is 2.14. The van der Waals surface area contributed by atoms with Gasteiger partial charge in [-0.1, -0.05) is 48.0 Å². The smallest absolute Gasteiger partial charge is 0.211 e. The van der Waals surface area contributed by atoms with Gasteiger partial charge in [-0.3, -0.25) is 9.78 Å². The fourth-order valence-corrected chi connectivity index (χ4v) is 2.14. The third-order valence-electron chi connectivity index (χ3n) is 3.14. The zero-order chi connectivity index (χ0) is 13.2. The molecule has 2 heteroatoms. The maximum Gasteiger partial charge on any atom is 0.211 e. The fraction of sp³-hybridized carbons (Fsp3) is 0.0588. The van der Waals surface area contributed by atoms with Crippen molar-refractivity contribution in [3.8, 4) is 0 Å². The Morgan fingerprint density at radius 2 is 1.74 bits per heavy atom. The summed E-state index contributed by atoms with van der Waals surface area (Å²) in [6.07, 6.45) is 1.75. The van der Waals surface area contributed by atoms with Gasteiger partial charge in [0.2, 0.25) is 5.78 Å². The largest absolute Gasteiger partial charge is 0.287 e. The lowest BCUT2D eigenvalue weighted by Crippen LogP contribution is -2.04. The van der Waals surface area contributed by atoms with Crippen molar-refractivity contribution >= 4 is 16.6 Å². The van der Waals surface area contributed by atoms with Gasteiger partial charge in [0.25, 0.3) is 0 Å². The van der Waals surface area contributed by atoms with Crippen LogP contribution in [0.2, 0.25) is 0 Å². The van der Waals surface area contributed by atoms with Gasteiger partial charge in [-0.15, -0.1) is 0 Å². The van der Waals surface area contributed by atoms with E-state index in [0.29, 0.717) is 11.3 Å². The molecule has 0 bridgehead atoms. The third kappa shape index (κ3) is 2.25. The number of carbonyl (C=O) groups excluding carboxylic acids is 1. The Morgan fingerprint density at radius 3 is 2.53 bits per heavy atom. The predicted molar refractivity (Wildman–Crippen MR) is 76.4 cm³/mol. The molecule has 3 rings (SSSR count). The molecule has 0 aliphatic carbocycles. The van der Waals surface area contributed by atoms with Gasteiger partial charge in [-0.05, 0) is 24.4 Å². The number of pyridine rings is 1. The SMILES string of the molecule is Cc1cccc(C(=O)c2cc3ccccc3cn2)c1. The molecule has 0 saturated heterocycles. The summed E-state index contributed by atoms with van der Waals surface area (Å²) in [5.41, 5.74) is 2.25. The number of carbonyl (C=O) groups is 1. The van der Waals surface area contributed by atoms with Crippen LogP contribution in [0.25, 0.3) is 10.8 Å². The van der Waals surface area contributed by atoms with Crippen molar-refractivity contribution < 1.29 is 4.79 Å². The molecule has 0 unspecified atom stereocenters. The van der Waals surface area contributed by atoms with Gasteiger partial charge in [0.15, 0.2) is 0 Å². The summed E-state index contributed by atoms with van der Waals surface area (Å²) in [4.78, 5) is 16.6. The van der Waals surface area contributed by atoms with E-state index in [1.165, 1.54) is 0 Å². The number of hydrogen-bond acceptors (Lipinski definition) is 2. The van der Waals surface area contributed by atoms with Gasteiger partial charge in [0, 0.05) is 17.1 Å². The van der Waals surface area contributed by atoms with E-state index in [1.807, 2.05) is 61.5 Å². The zero-order valence-electron chi connectivity index (χ0n) is 10.6. The molecule has 0 aliphatic heterocycles. The molecule has 0 fully saturated rings. The Labute approximate surface area is 111 Å². The predicted octanol–water partition coefficient (Wildman–Crippen LogP) is 3.77. The Bertz CT molecular complexity index is 762. The molecule has 0 amide bonds. The minimum atomic E-state index is -0.0329. The van der Waals surface area contributed by atoms with Gasteiger partial charge >= 0.3 is 0 Å². The molecule has 0 atom stereocenters. The van der Waals surface area contributed by atoms with Crippen LogP contribution in [0, 0.1) is 6.92 Å². The Hall–Kier alpha value is -2.48. The summed E-state index contributed by atoms with van der Waals surface area (Å²) in [5, 5.41) is 2.08. The van der Waals surface area contributed by atoms with Crippen LogP contribution >= 0.6 is 0 Å². The molecule has 0 saturated carbocycles. The van der Waals surface area contributed by atoms with E-state index in [2.05, 4.69) is 4.98 Å². The van der Waals surface area contributed by atoms with Gasteiger partial charge in [-0.2, -0.15) is 0 Å². The second-order valence-corrected chi connectivity index (χ2v) is 4.62. The topological polar surface area (TPSA) is 30.0 Å². The van der Waals surface area contributed by atoms with Gasteiger partial charge in [0.05, 0.1) is 0 Å². The molecule has 0 aliphatic rings. The third-order valence-corrected chi connectivity index (χ3v) is 3.14. The number of rotatable bonds is 2. The number of nitrogens with zero attached hydrogens (tertiary/aromatic N) is 1. The first-order valence-corrected chi connectivity index (χ1v) is 6.20. The molecule has 2 nitrogen and oxygen atoms in total. The van der Waals surface area contributed by atoms with Crippen LogP contribution in [0.5, 0.6) is 0 Å². The second kappa shape index (κ2) is 4.65. The molecule has 0 radical (unpaired) electrons. The Kier molecular flexibility index (Phi) is 2.84. The average molecular weight is 247 g/mol. The van der Waals surface area contributed by atoms with Crippen LogP contribution in [0.4, 0.5) is 0 Å². The van der Waals surface area contributed by atoms with Crippen LogP contribution in [-0.4, -0.2) is 10.8 Å². The molecule has 2 aromatic carbocycles. The number of hydrogen-bond donors (Lipinski definition) is 0. The van der Waals surface area contributed by atoms with Crippen molar-refractivity contribution in [2.24, 2.45) is 0 Å². The van der Waals surface area contributed by atoms with E-state index in [9.17, 15) is 4.79 Å². The van der Waals surface area contributed by atoms with E-state index >= 15 is 0 Å². The lowest BCUT2D eigenvalue weighted by Gasteiger charge is -2.03. The quantitative estimate of drug-likeness (QED) is 0.645. The number of ketones is 1. The summed E-state index contributed by atoms with van der Waals surface area (Å²) in [5.74, 6) is -0.0329. The average Bonchev–Trinajstić information content (AvgIpc) is 2.46. The first-order chi connectivity index (χ1) is 9.24. The van der Waals surface area contributed by atoms with E-state index in [-0.39, 0.29) is 5.78 Å². The lowest BCUT2D eigenvalue weighted by molar-refractivity contribution is 0.103. The monoisotopic (exact) mass is 247 g/mol. The van der Waals surface area contributed by atoms with Crippen LogP contribution in [0.15, 0.2) is 60.8 Å². The molecule has 1 aromatic heterocycles. The standard InChI is InChI=1S/C17H13NO/c1-12-5-4-8-14(9-12)17(19)16-10-13-6-2-3-7-15(13)11-18-16/h2-11H,1H3. The summed E-state index contributed by atoms with van der Waals surface area (Å²) in [7, 11) is 0. The molecule has 92 valence electrons. The van der Waals surface area contributed by atoms with Gasteiger partial charge in [0.1, 0.15) is 5.69 Å². The van der Waals surface area contributed by atoms with Gasteiger partial charge in [-0.25, -0.2) is 0 Å². The normalized spacial score (nSPS) is 10.6. The molecular formula is C17H13NO. The van der Waals surface area contributed by atoms with Crippen molar-refractivity contribution in [1.82, 2.24) is 4.98 Å². The number of fused-ring (bicyclic) bond motifs is 1. The highest BCUT2D eigenvalue weighted by Crippen LogP contribution is 2.16. The van der Waals surface area contributed by atoms with Crippen molar-refractivity contribution in [1.29, 1.82) is 0 Å². The second-order valence-electron chi connectivity index (χ2n) is 4.62. The Balaban J connectivity index is 2.06. The van der Waals surface area contributed by atoms with E-state index < -0.39 is 0 Å². The van der Waals surface area contributed by atoms with E-state index in [0.717, 1.165) is 16.3 Å². The van der Waals surface area contributed by atoms with Crippen LogP contribution in [-0.2, 0) is 0 Å². The molecule has 0 spiro atoms. The summed E-state index contributed by atoms with van der Waals surface area (Å²) in [6, 6.07) is 17.3. The van der Waals surface area contributed by atoms with Crippen LogP contribution in [0.3, 0.4) is 0 Å². The highest BCUT2D eigenvalue weighted by molar-refractivity contribution is 6.09.